The van der Waals surface area contributed by atoms with Crippen molar-refractivity contribution in [1.82, 2.24) is 4.90 Å². The number of benzene rings is 1. The van der Waals surface area contributed by atoms with Gasteiger partial charge < -0.3 is 19.8 Å². The van der Waals surface area contributed by atoms with Crippen LogP contribution in [0.5, 0.6) is 5.75 Å². The van der Waals surface area contributed by atoms with Gasteiger partial charge in [-0.25, -0.2) is 4.79 Å². The highest BCUT2D eigenvalue weighted by Gasteiger charge is 2.24. The van der Waals surface area contributed by atoms with E-state index in [0.29, 0.717) is 31.5 Å². The van der Waals surface area contributed by atoms with E-state index < -0.39 is 5.97 Å². The minimum absolute atomic E-state index is 0.0341. The van der Waals surface area contributed by atoms with Crippen LogP contribution in [0.4, 0.5) is 0 Å². The van der Waals surface area contributed by atoms with E-state index in [9.17, 15) is 14.7 Å². The lowest BCUT2D eigenvalue weighted by molar-refractivity contribution is -0.146. The third kappa shape index (κ3) is 4.46. The Morgan fingerprint density at radius 3 is 2.52 bits per heavy atom. The summed E-state index contributed by atoms with van der Waals surface area (Å²) in [5.74, 6) is -0.883. The number of amides is 1. The van der Waals surface area contributed by atoms with Crippen LogP contribution in [0, 0.1) is 0 Å². The van der Waals surface area contributed by atoms with Crippen LogP contribution >= 0.6 is 0 Å². The van der Waals surface area contributed by atoms with Gasteiger partial charge in [-0.2, -0.15) is 0 Å². The normalized spacial score (nSPS) is 15.9. The minimum atomic E-state index is -0.979. The average molecular weight is 293 g/mol. The van der Waals surface area contributed by atoms with Gasteiger partial charge in [-0.1, -0.05) is 18.2 Å². The zero-order valence-electron chi connectivity index (χ0n) is 11.7. The van der Waals surface area contributed by atoms with Crippen molar-refractivity contribution in [3.05, 3.63) is 29.8 Å². The quantitative estimate of drug-likeness (QED) is 0.846. The van der Waals surface area contributed by atoms with Crippen molar-refractivity contribution >= 4 is 11.9 Å². The molecule has 0 bridgehead atoms. The number of phenols is 1. The number of aromatic hydroxyl groups is 1. The number of piperidine rings is 1. The van der Waals surface area contributed by atoms with Gasteiger partial charge in [-0.05, 0) is 18.9 Å². The van der Waals surface area contributed by atoms with Crippen molar-refractivity contribution in [1.29, 1.82) is 0 Å². The second kappa shape index (κ2) is 7.08. The van der Waals surface area contributed by atoms with Gasteiger partial charge >= 0.3 is 5.97 Å². The third-order valence-electron chi connectivity index (χ3n) is 3.57. The second-order valence-electron chi connectivity index (χ2n) is 5.09. The molecule has 1 amide bonds. The zero-order chi connectivity index (χ0) is 15.2. The number of carbonyl (C=O) groups is 2. The first kappa shape index (κ1) is 15.3. The van der Waals surface area contributed by atoms with Crippen LogP contribution in [0.15, 0.2) is 24.3 Å². The van der Waals surface area contributed by atoms with Crippen LogP contribution < -0.4 is 0 Å². The highest BCUT2D eigenvalue weighted by Crippen LogP contribution is 2.19. The van der Waals surface area contributed by atoms with Gasteiger partial charge in [-0.15, -0.1) is 0 Å². The van der Waals surface area contributed by atoms with Crippen LogP contribution in [-0.2, 0) is 20.7 Å². The molecule has 2 N–H and O–H groups in total. The van der Waals surface area contributed by atoms with E-state index in [0.717, 1.165) is 0 Å². The van der Waals surface area contributed by atoms with E-state index in [4.69, 9.17) is 9.84 Å². The molecular weight excluding hydrogens is 274 g/mol. The summed E-state index contributed by atoms with van der Waals surface area (Å²) >= 11 is 0. The van der Waals surface area contributed by atoms with Crippen LogP contribution in [0.25, 0.3) is 0 Å². The summed E-state index contributed by atoms with van der Waals surface area (Å²) in [5.41, 5.74) is 0.617. The van der Waals surface area contributed by atoms with Gasteiger partial charge in [-0.3, -0.25) is 4.79 Å². The second-order valence-corrected chi connectivity index (χ2v) is 5.09. The smallest absolute Gasteiger partial charge is 0.329 e. The summed E-state index contributed by atoms with van der Waals surface area (Å²) in [6, 6.07) is 6.80. The number of hydrogen-bond donors (Lipinski definition) is 2. The fourth-order valence-corrected chi connectivity index (χ4v) is 2.40. The molecule has 1 fully saturated rings. The number of para-hydroxylation sites is 1. The molecule has 0 atom stereocenters. The van der Waals surface area contributed by atoms with Crippen molar-refractivity contribution in [3.8, 4) is 5.75 Å². The topological polar surface area (TPSA) is 87.1 Å². The van der Waals surface area contributed by atoms with E-state index in [1.807, 2.05) is 0 Å². The molecule has 2 rings (SSSR count). The first-order valence-electron chi connectivity index (χ1n) is 6.94. The van der Waals surface area contributed by atoms with Crippen molar-refractivity contribution in [3.63, 3.8) is 0 Å². The Labute approximate surface area is 122 Å². The molecule has 1 aromatic carbocycles. The summed E-state index contributed by atoms with van der Waals surface area (Å²) in [7, 11) is 0. The number of likely N-dealkylation sites (tertiary alicyclic amines) is 1. The Hall–Kier alpha value is -2.08. The molecule has 0 radical (unpaired) electrons. The lowest BCUT2D eigenvalue weighted by Gasteiger charge is -2.31. The summed E-state index contributed by atoms with van der Waals surface area (Å²) in [6.45, 7) is 0.809. The fraction of sp³-hybridized carbons (Fsp3) is 0.467. The van der Waals surface area contributed by atoms with Gasteiger partial charge in [0.05, 0.1) is 12.5 Å². The molecule has 1 aromatic rings. The predicted molar refractivity (Wildman–Crippen MR) is 75.0 cm³/mol. The molecule has 0 unspecified atom stereocenters. The number of ether oxygens (including phenoxy) is 1. The number of carbonyl (C=O) groups excluding carboxylic acids is 1. The van der Waals surface area contributed by atoms with Crippen molar-refractivity contribution in [2.24, 2.45) is 0 Å². The largest absolute Gasteiger partial charge is 0.508 e. The molecule has 1 aliphatic heterocycles. The molecule has 21 heavy (non-hydrogen) atoms. The van der Waals surface area contributed by atoms with Gasteiger partial charge in [0.2, 0.25) is 5.91 Å². The number of hydrogen-bond acceptors (Lipinski definition) is 4. The summed E-state index contributed by atoms with van der Waals surface area (Å²) in [4.78, 5) is 24.3. The Morgan fingerprint density at radius 1 is 1.24 bits per heavy atom. The van der Waals surface area contributed by atoms with Crippen molar-refractivity contribution < 1.29 is 24.5 Å². The molecule has 0 aliphatic carbocycles. The van der Waals surface area contributed by atoms with Gasteiger partial charge in [0, 0.05) is 18.7 Å². The maximum atomic E-state index is 12.2. The molecule has 1 saturated heterocycles. The number of carboxylic acids is 1. The molecule has 0 aromatic heterocycles. The van der Waals surface area contributed by atoms with Crippen LogP contribution in [0.2, 0.25) is 0 Å². The molecule has 114 valence electrons. The number of aliphatic carboxylic acids is 1. The van der Waals surface area contributed by atoms with Crippen molar-refractivity contribution in [2.75, 3.05) is 19.7 Å². The molecule has 6 nitrogen and oxygen atoms in total. The highest BCUT2D eigenvalue weighted by molar-refractivity contribution is 5.79. The molecule has 1 heterocycles. The predicted octanol–water partition coefficient (Wildman–Crippen LogP) is 1.03. The number of nitrogens with zero attached hydrogens (tertiary/aromatic N) is 1. The Bertz CT molecular complexity index is 509. The number of carboxylic acid groups (broad SMARTS) is 1. The van der Waals surface area contributed by atoms with Crippen LogP contribution in [0.3, 0.4) is 0 Å². The summed E-state index contributed by atoms with van der Waals surface area (Å²) in [5, 5.41) is 18.2. The maximum Gasteiger partial charge on any atom is 0.329 e. The molecule has 0 saturated carbocycles. The SMILES string of the molecule is O=C(O)COC1CCN(C(=O)Cc2ccccc2O)CC1. The van der Waals surface area contributed by atoms with Crippen LogP contribution in [0.1, 0.15) is 18.4 Å². The van der Waals surface area contributed by atoms with Gasteiger partial charge in [0.25, 0.3) is 0 Å². The molecule has 1 aliphatic rings. The standard InChI is InChI=1S/C15H19NO5/c17-13-4-2-1-3-11(13)9-14(18)16-7-5-12(6-8-16)21-10-15(19)20/h1-4,12,17H,5-10H2,(H,19,20). The van der Waals surface area contributed by atoms with E-state index in [1.165, 1.54) is 0 Å². The Morgan fingerprint density at radius 2 is 1.90 bits per heavy atom. The van der Waals surface area contributed by atoms with E-state index in [-0.39, 0.29) is 30.8 Å². The Balaban J connectivity index is 1.81. The monoisotopic (exact) mass is 293 g/mol. The zero-order valence-corrected chi connectivity index (χ0v) is 11.7. The first-order chi connectivity index (χ1) is 10.1. The van der Waals surface area contributed by atoms with Crippen molar-refractivity contribution in [2.45, 2.75) is 25.4 Å². The minimum Gasteiger partial charge on any atom is -0.508 e. The molecule has 0 spiro atoms. The third-order valence-corrected chi connectivity index (χ3v) is 3.57. The van der Waals surface area contributed by atoms with Gasteiger partial charge in [0.1, 0.15) is 12.4 Å². The molecule has 6 heteroatoms. The first-order valence-corrected chi connectivity index (χ1v) is 6.94. The van der Waals surface area contributed by atoms with E-state index in [1.54, 1.807) is 29.2 Å². The lowest BCUT2D eigenvalue weighted by atomic mass is 10.1. The summed E-state index contributed by atoms with van der Waals surface area (Å²) < 4.78 is 5.23. The summed E-state index contributed by atoms with van der Waals surface area (Å²) in [6.07, 6.45) is 1.35. The fourth-order valence-electron chi connectivity index (χ4n) is 2.40. The lowest BCUT2D eigenvalue weighted by Crippen LogP contribution is -2.42. The average Bonchev–Trinajstić information content (AvgIpc) is 2.48. The number of rotatable bonds is 5. The van der Waals surface area contributed by atoms with E-state index in [2.05, 4.69) is 0 Å². The van der Waals surface area contributed by atoms with Crippen LogP contribution in [-0.4, -0.2) is 52.8 Å². The number of phenolic OH excluding ortho intramolecular Hbond substituents is 1. The van der Waals surface area contributed by atoms with E-state index >= 15 is 0 Å². The highest BCUT2D eigenvalue weighted by atomic mass is 16.5. The maximum absolute atomic E-state index is 12.2. The Kier molecular flexibility index (Phi) is 5.16. The van der Waals surface area contributed by atoms with Gasteiger partial charge in [0.15, 0.2) is 0 Å². The molecular formula is C15H19NO5.